The van der Waals surface area contributed by atoms with E-state index in [0.717, 1.165) is 19.1 Å². The molecule has 1 aliphatic rings. The molecule has 0 aromatic heterocycles. The molecule has 2 heteroatoms. The maximum absolute atomic E-state index is 5.78. The molecule has 0 saturated heterocycles. The molecule has 1 fully saturated rings. The van der Waals surface area contributed by atoms with Gasteiger partial charge in [0, 0.05) is 13.2 Å². The normalized spacial score (nSPS) is 27.9. The minimum absolute atomic E-state index is 0.368. The van der Waals surface area contributed by atoms with Crippen LogP contribution in [0, 0.1) is 11.3 Å². The van der Waals surface area contributed by atoms with Gasteiger partial charge in [0.2, 0.25) is 0 Å². The van der Waals surface area contributed by atoms with E-state index in [2.05, 4.69) is 33.1 Å². The summed E-state index contributed by atoms with van der Waals surface area (Å²) >= 11 is 0. The van der Waals surface area contributed by atoms with Gasteiger partial charge < -0.3 is 10.1 Å². The lowest BCUT2D eigenvalue weighted by Gasteiger charge is -2.40. The van der Waals surface area contributed by atoms with E-state index in [4.69, 9.17) is 4.74 Å². The standard InChI is InChI=1S/C17H35NO/c1-5-6-7-16-8-10-17(11-9-16,14-18-4)12-13-19-15(2)3/h15-16,18H,5-14H2,1-4H3. The van der Waals surface area contributed by atoms with Crippen molar-refractivity contribution in [1.29, 1.82) is 0 Å². The highest BCUT2D eigenvalue weighted by Crippen LogP contribution is 2.42. The molecule has 0 heterocycles. The predicted molar refractivity (Wildman–Crippen MR) is 83.5 cm³/mol. The summed E-state index contributed by atoms with van der Waals surface area (Å²) in [6, 6.07) is 0. The van der Waals surface area contributed by atoms with Crippen LogP contribution in [0.4, 0.5) is 0 Å². The highest BCUT2D eigenvalue weighted by atomic mass is 16.5. The average Bonchev–Trinajstić information content (AvgIpc) is 2.38. The van der Waals surface area contributed by atoms with E-state index >= 15 is 0 Å². The maximum Gasteiger partial charge on any atom is 0.0518 e. The van der Waals surface area contributed by atoms with Gasteiger partial charge in [0.15, 0.2) is 0 Å². The molecule has 0 unspecified atom stereocenters. The first-order valence-electron chi connectivity index (χ1n) is 8.38. The molecule has 0 amide bonds. The quantitative estimate of drug-likeness (QED) is 0.670. The zero-order chi connectivity index (χ0) is 14.1. The van der Waals surface area contributed by atoms with E-state index < -0.39 is 0 Å². The Kier molecular flexibility index (Phi) is 8.01. The van der Waals surface area contributed by atoms with Crippen LogP contribution in [0.25, 0.3) is 0 Å². The average molecular weight is 269 g/mol. The van der Waals surface area contributed by atoms with Crippen LogP contribution in [0.5, 0.6) is 0 Å². The van der Waals surface area contributed by atoms with Crippen molar-refractivity contribution in [2.45, 2.75) is 78.2 Å². The van der Waals surface area contributed by atoms with Crippen molar-refractivity contribution in [3.63, 3.8) is 0 Å². The van der Waals surface area contributed by atoms with Gasteiger partial charge in [-0.1, -0.05) is 26.2 Å². The van der Waals surface area contributed by atoms with Crippen molar-refractivity contribution in [3.05, 3.63) is 0 Å². The van der Waals surface area contributed by atoms with Crippen molar-refractivity contribution in [2.24, 2.45) is 11.3 Å². The third-order valence-corrected chi connectivity index (χ3v) is 4.77. The molecule has 1 N–H and O–H groups in total. The second kappa shape index (κ2) is 8.97. The molecule has 0 atom stereocenters. The zero-order valence-corrected chi connectivity index (χ0v) is 13.6. The fourth-order valence-corrected chi connectivity index (χ4v) is 3.47. The number of hydrogen-bond acceptors (Lipinski definition) is 2. The Balaban J connectivity index is 2.37. The van der Waals surface area contributed by atoms with Gasteiger partial charge in [-0.25, -0.2) is 0 Å². The van der Waals surface area contributed by atoms with Gasteiger partial charge in [0.25, 0.3) is 0 Å². The molecule has 2 nitrogen and oxygen atoms in total. The van der Waals surface area contributed by atoms with E-state index in [1.54, 1.807) is 0 Å². The predicted octanol–water partition coefficient (Wildman–Crippen LogP) is 4.39. The van der Waals surface area contributed by atoms with Crippen molar-refractivity contribution in [3.8, 4) is 0 Å². The van der Waals surface area contributed by atoms with Crippen LogP contribution in [0.15, 0.2) is 0 Å². The van der Waals surface area contributed by atoms with Crippen molar-refractivity contribution >= 4 is 0 Å². The van der Waals surface area contributed by atoms with E-state index in [0.29, 0.717) is 11.5 Å². The van der Waals surface area contributed by atoms with Crippen LogP contribution in [-0.2, 0) is 4.74 Å². The molecule has 0 bridgehead atoms. The second-order valence-corrected chi connectivity index (χ2v) is 6.79. The van der Waals surface area contributed by atoms with Crippen LogP contribution in [0.3, 0.4) is 0 Å². The third-order valence-electron chi connectivity index (χ3n) is 4.77. The molecule has 0 radical (unpaired) electrons. The van der Waals surface area contributed by atoms with Crippen LogP contribution in [-0.4, -0.2) is 26.3 Å². The van der Waals surface area contributed by atoms with Gasteiger partial charge in [-0.2, -0.15) is 0 Å². The Bertz CT molecular complexity index is 219. The monoisotopic (exact) mass is 269 g/mol. The fourth-order valence-electron chi connectivity index (χ4n) is 3.47. The molecule has 0 aliphatic heterocycles. The van der Waals surface area contributed by atoms with Gasteiger partial charge >= 0.3 is 0 Å². The number of unbranched alkanes of at least 4 members (excludes halogenated alkanes) is 1. The summed E-state index contributed by atoms with van der Waals surface area (Å²) in [6.07, 6.45) is 11.5. The summed E-state index contributed by atoms with van der Waals surface area (Å²) < 4.78 is 5.78. The van der Waals surface area contributed by atoms with Crippen molar-refractivity contribution in [1.82, 2.24) is 5.32 Å². The summed E-state index contributed by atoms with van der Waals surface area (Å²) in [5, 5.41) is 3.42. The first-order valence-corrected chi connectivity index (χ1v) is 8.38. The number of ether oxygens (including phenoxy) is 1. The Morgan fingerprint density at radius 3 is 2.47 bits per heavy atom. The molecule has 0 spiro atoms. The smallest absolute Gasteiger partial charge is 0.0518 e. The Morgan fingerprint density at radius 2 is 1.95 bits per heavy atom. The van der Waals surface area contributed by atoms with E-state index in [1.807, 2.05) is 0 Å². The van der Waals surface area contributed by atoms with Crippen molar-refractivity contribution < 1.29 is 4.74 Å². The van der Waals surface area contributed by atoms with Crippen molar-refractivity contribution in [2.75, 3.05) is 20.2 Å². The highest BCUT2D eigenvalue weighted by Gasteiger charge is 2.34. The Hall–Kier alpha value is -0.0800. The fraction of sp³-hybridized carbons (Fsp3) is 1.00. The topological polar surface area (TPSA) is 21.3 Å². The number of nitrogens with one attached hydrogen (secondary N) is 1. The molecule has 1 rings (SSSR count). The van der Waals surface area contributed by atoms with Gasteiger partial charge in [0.05, 0.1) is 6.10 Å². The van der Waals surface area contributed by atoms with Crippen LogP contribution in [0.1, 0.15) is 72.1 Å². The SMILES string of the molecule is CCCCC1CCC(CCOC(C)C)(CNC)CC1. The molecule has 0 aromatic carbocycles. The minimum Gasteiger partial charge on any atom is -0.379 e. The molecule has 1 saturated carbocycles. The third kappa shape index (κ3) is 6.27. The van der Waals surface area contributed by atoms with Gasteiger partial charge in [0.1, 0.15) is 0 Å². The Morgan fingerprint density at radius 1 is 1.26 bits per heavy atom. The highest BCUT2D eigenvalue weighted by molar-refractivity contribution is 4.87. The first-order chi connectivity index (χ1) is 9.12. The summed E-state index contributed by atoms with van der Waals surface area (Å²) in [7, 11) is 2.09. The van der Waals surface area contributed by atoms with Gasteiger partial charge in [-0.3, -0.25) is 0 Å². The van der Waals surface area contributed by atoms with Crippen LogP contribution in [0.2, 0.25) is 0 Å². The largest absolute Gasteiger partial charge is 0.379 e. The molecule has 0 aromatic rings. The Labute approximate surface area is 120 Å². The summed E-state index contributed by atoms with van der Waals surface area (Å²) in [4.78, 5) is 0. The zero-order valence-electron chi connectivity index (χ0n) is 13.6. The molecule has 19 heavy (non-hydrogen) atoms. The lowest BCUT2D eigenvalue weighted by atomic mass is 9.68. The van der Waals surface area contributed by atoms with Crippen LogP contribution >= 0.6 is 0 Å². The van der Waals surface area contributed by atoms with Crippen LogP contribution < -0.4 is 5.32 Å². The molecule has 114 valence electrons. The number of rotatable bonds is 9. The van der Waals surface area contributed by atoms with Gasteiger partial charge in [-0.05, 0) is 64.3 Å². The lowest BCUT2D eigenvalue weighted by molar-refractivity contribution is 0.0328. The lowest BCUT2D eigenvalue weighted by Crippen LogP contribution is -2.37. The molecule has 1 aliphatic carbocycles. The van der Waals surface area contributed by atoms with E-state index in [-0.39, 0.29) is 0 Å². The van der Waals surface area contributed by atoms with E-state index in [1.165, 1.54) is 51.4 Å². The maximum atomic E-state index is 5.78. The molecular weight excluding hydrogens is 234 g/mol. The summed E-state index contributed by atoms with van der Waals surface area (Å²) in [5.41, 5.74) is 0.506. The first kappa shape index (κ1) is 17.0. The molecular formula is C17H35NO. The second-order valence-electron chi connectivity index (χ2n) is 6.79. The number of hydrogen-bond donors (Lipinski definition) is 1. The minimum atomic E-state index is 0.368. The summed E-state index contributed by atoms with van der Waals surface area (Å²) in [5.74, 6) is 0.996. The van der Waals surface area contributed by atoms with Gasteiger partial charge in [-0.15, -0.1) is 0 Å². The van der Waals surface area contributed by atoms with E-state index in [9.17, 15) is 0 Å². The summed E-state index contributed by atoms with van der Waals surface area (Å²) in [6.45, 7) is 8.66.